The molecule has 0 saturated carbocycles. The predicted molar refractivity (Wildman–Crippen MR) is 129 cm³/mol. The largest absolute Gasteiger partial charge is 0.118 e. The van der Waals surface area contributed by atoms with Gasteiger partial charge in [0.1, 0.15) is 9.52 Å². The van der Waals surface area contributed by atoms with E-state index in [1.54, 1.807) is 0 Å². The summed E-state index contributed by atoms with van der Waals surface area (Å²) < 4.78 is -1.15. The molecule has 4 rings (SSSR count). The molecule has 0 heterocycles. The third kappa shape index (κ3) is 2.63. The van der Waals surface area contributed by atoms with Crippen LogP contribution in [0.4, 0.5) is 0 Å². The maximum atomic E-state index is 7.61. The van der Waals surface area contributed by atoms with E-state index in [9.17, 15) is 0 Å². The number of fused-ring (bicyclic) bond motifs is 2. The first kappa shape index (κ1) is 21.0. The van der Waals surface area contributed by atoms with Gasteiger partial charge in [-0.1, -0.05) is 24.3 Å². The van der Waals surface area contributed by atoms with Crippen molar-refractivity contribution in [3.8, 4) is 0 Å². The number of benzene rings is 2. The van der Waals surface area contributed by atoms with Crippen molar-refractivity contribution in [2.75, 3.05) is 0 Å². The molecule has 2 radical (unpaired) electrons. The Morgan fingerprint density at radius 1 is 0.552 bits per heavy atom. The van der Waals surface area contributed by atoms with E-state index < -0.39 is 8.99 Å². The average Bonchev–Trinajstić information content (AvgIpc) is 2.98. The van der Waals surface area contributed by atoms with Gasteiger partial charge in [-0.15, -0.1) is 23.2 Å². The number of hydrogen-bond acceptors (Lipinski definition) is 0. The Kier molecular flexibility index (Phi) is 4.78. The van der Waals surface area contributed by atoms with Crippen molar-refractivity contribution in [2.24, 2.45) is 0 Å². The van der Waals surface area contributed by atoms with Gasteiger partial charge in [0.05, 0.1) is 8.99 Å². The molecule has 0 aliphatic heterocycles. The fourth-order valence-electron chi connectivity index (χ4n) is 5.29. The molecule has 0 N–H and O–H groups in total. The van der Waals surface area contributed by atoms with Crippen LogP contribution < -0.4 is 0 Å². The van der Waals surface area contributed by atoms with Gasteiger partial charge in [-0.05, 0) is 122 Å². The minimum atomic E-state index is -0.573. The normalized spacial score (nSPS) is 25.7. The van der Waals surface area contributed by atoms with Gasteiger partial charge in [-0.2, -0.15) is 0 Å². The van der Waals surface area contributed by atoms with Crippen LogP contribution in [0.25, 0.3) is 11.1 Å². The van der Waals surface area contributed by atoms with Gasteiger partial charge in [0.15, 0.2) is 0 Å². The van der Waals surface area contributed by atoms with Crippen LogP contribution in [0.15, 0.2) is 35.4 Å². The lowest BCUT2D eigenvalue weighted by Crippen LogP contribution is -2.41. The molecule has 0 spiro atoms. The summed E-state index contributed by atoms with van der Waals surface area (Å²) in [6.07, 6.45) is 0. The Hall–Kier alpha value is -1.28. The average molecular weight is 440 g/mol. The van der Waals surface area contributed by atoms with E-state index in [1.807, 2.05) is 0 Å². The molecule has 0 saturated heterocycles. The molecule has 2 aromatic carbocycles. The lowest BCUT2D eigenvalue weighted by molar-refractivity contribution is 0.910. The zero-order valence-electron chi connectivity index (χ0n) is 18.6. The van der Waals surface area contributed by atoms with Crippen LogP contribution in [-0.2, 0) is 8.99 Å². The third-order valence-corrected chi connectivity index (χ3v) is 10.6. The zero-order valence-corrected chi connectivity index (χ0v) is 21.1. The van der Waals surface area contributed by atoms with Gasteiger partial charge in [-0.25, -0.2) is 0 Å². The molecule has 29 heavy (non-hydrogen) atoms. The standard InChI is InChI=1S/C26H28Cl2Si/c1-13-9-11-15(3)23-21(13)17(5)19(7)25(23,27)29-26(28)20(8)18(6)22-14(2)10-12-16(4)24(22)26/h9-12H,1-8H3. The minimum Gasteiger partial charge on any atom is -0.114 e. The van der Waals surface area contributed by atoms with Crippen LogP contribution in [-0.4, -0.2) is 9.52 Å². The molecule has 0 amide bonds. The minimum absolute atomic E-state index is 0.313. The van der Waals surface area contributed by atoms with Crippen molar-refractivity contribution in [3.05, 3.63) is 79.9 Å². The van der Waals surface area contributed by atoms with Gasteiger partial charge in [0.2, 0.25) is 0 Å². The van der Waals surface area contributed by atoms with E-state index in [0.717, 1.165) is 0 Å². The molecule has 0 nitrogen and oxygen atoms in total. The molecule has 0 fully saturated rings. The predicted octanol–water partition coefficient (Wildman–Crippen LogP) is 7.72. The quantitative estimate of drug-likeness (QED) is 0.332. The van der Waals surface area contributed by atoms with Crippen molar-refractivity contribution in [3.63, 3.8) is 0 Å². The molecule has 2 unspecified atom stereocenters. The lowest BCUT2D eigenvalue weighted by Gasteiger charge is -2.36. The SMILES string of the molecule is CC1=C(C)C(Cl)([Si]C2(Cl)C(C)=C(C)c3c(C)ccc(C)c32)c2c(C)ccc(C)c21. The molecule has 150 valence electrons. The zero-order chi connectivity index (χ0) is 21.5. The second-order valence-electron chi connectivity index (χ2n) is 8.84. The topological polar surface area (TPSA) is 0 Å². The number of alkyl halides is 2. The van der Waals surface area contributed by atoms with Crippen LogP contribution in [0.2, 0.25) is 0 Å². The van der Waals surface area contributed by atoms with Crippen molar-refractivity contribution >= 4 is 43.9 Å². The van der Waals surface area contributed by atoms with Crippen LogP contribution in [0, 0.1) is 27.7 Å². The van der Waals surface area contributed by atoms with E-state index in [2.05, 4.69) is 79.7 Å². The van der Waals surface area contributed by atoms with Gasteiger partial charge < -0.3 is 0 Å². The van der Waals surface area contributed by atoms with Crippen molar-refractivity contribution in [2.45, 2.75) is 64.4 Å². The van der Waals surface area contributed by atoms with E-state index in [0.29, 0.717) is 9.52 Å². The summed E-state index contributed by atoms with van der Waals surface area (Å²) in [6.45, 7) is 17.5. The Morgan fingerprint density at radius 2 is 0.862 bits per heavy atom. The van der Waals surface area contributed by atoms with Crippen molar-refractivity contribution < 1.29 is 0 Å². The second kappa shape index (κ2) is 6.61. The molecule has 2 atom stereocenters. The van der Waals surface area contributed by atoms with Gasteiger partial charge in [0, 0.05) is 0 Å². The van der Waals surface area contributed by atoms with Gasteiger partial charge in [-0.3, -0.25) is 0 Å². The van der Waals surface area contributed by atoms with Crippen LogP contribution in [0.5, 0.6) is 0 Å². The highest BCUT2D eigenvalue weighted by Crippen LogP contribution is 2.58. The monoisotopic (exact) mass is 438 g/mol. The Balaban J connectivity index is 1.98. The maximum absolute atomic E-state index is 7.61. The number of aryl methyl sites for hydroxylation is 4. The molecule has 0 bridgehead atoms. The molecule has 0 aromatic heterocycles. The summed E-state index contributed by atoms with van der Waals surface area (Å²) in [4.78, 5) is 0. The first-order valence-corrected chi connectivity index (χ1v) is 12.0. The van der Waals surface area contributed by atoms with E-state index >= 15 is 0 Å². The Labute approximate surface area is 187 Å². The van der Waals surface area contributed by atoms with Crippen LogP contribution in [0.1, 0.15) is 72.2 Å². The number of allylic oxidation sites excluding steroid dienone is 4. The smallest absolute Gasteiger partial charge is 0.114 e. The van der Waals surface area contributed by atoms with E-state index in [1.165, 1.54) is 66.8 Å². The van der Waals surface area contributed by atoms with Crippen LogP contribution >= 0.6 is 23.2 Å². The summed E-state index contributed by atoms with van der Waals surface area (Å²) in [5.41, 5.74) is 15.4. The molecule has 3 heteroatoms. The third-order valence-electron chi connectivity index (χ3n) is 7.19. The second-order valence-corrected chi connectivity index (χ2v) is 12.4. The summed E-state index contributed by atoms with van der Waals surface area (Å²) in [5, 5.41) is 0. The molecule has 2 aromatic rings. The molecule has 2 aliphatic carbocycles. The Morgan fingerprint density at radius 3 is 1.21 bits per heavy atom. The highest BCUT2D eigenvalue weighted by atomic mass is 35.5. The van der Waals surface area contributed by atoms with Crippen molar-refractivity contribution in [1.29, 1.82) is 0 Å². The molecule has 2 aliphatic rings. The maximum Gasteiger partial charge on any atom is 0.118 e. The number of halogens is 2. The molecular weight excluding hydrogens is 411 g/mol. The molecular formula is C26H28Cl2Si. The van der Waals surface area contributed by atoms with Gasteiger partial charge >= 0.3 is 0 Å². The summed E-state index contributed by atoms with van der Waals surface area (Å²) >= 11 is 15.2. The highest BCUT2D eigenvalue weighted by Gasteiger charge is 2.52. The summed E-state index contributed by atoms with van der Waals surface area (Å²) in [6, 6.07) is 8.82. The van der Waals surface area contributed by atoms with Gasteiger partial charge in [0.25, 0.3) is 0 Å². The number of hydrogen-bond donors (Lipinski definition) is 0. The summed E-state index contributed by atoms with van der Waals surface area (Å²) in [5.74, 6) is 0. The first-order chi connectivity index (χ1) is 13.4. The first-order valence-electron chi connectivity index (χ1n) is 10.2. The fourth-order valence-corrected chi connectivity index (χ4v) is 9.18. The Bertz CT molecular complexity index is 1050. The lowest BCUT2D eigenvalue weighted by atomic mass is 9.96. The van der Waals surface area contributed by atoms with E-state index in [-0.39, 0.29) is 0 Å². The van der Waals surface area contributed by atoms with Crippen molar-refractivity contribution in [1.82, 2.24) is 0 Å². The fraction of sp³-hybridized carbons (Fsp3) is 0.385. The summed E-state index contributed by atoms with van der Waals surface area (Å²) in [7, 11) is 0.313. The number of rotatable bonds is 2. The van der Waals surface area contributed by atoms with Crippen LogP contribution in [0.3, 0.4) is 0 Å². The van der Waals surface area contributed by atoms with E-state index in [4.69, 9.17) is 23.2 Å². The highest BCUT2D eigenvalue weighted by molar-refractivity contribution is 6.70.